The van der Waals surface area contributed by atoms with Crippen LogP contribution in [0.3, 0.4) is 0 Å². The minimum Gasteiger partial charge on any atom is -0.543 e. The Morgan fingerprint density at radius 1 is 1.63 bits per heavy atom. The third kappa shape index (κ3) is 2.86. The fraction of sp³-hybridized carbons (Fsp3) is 0.636. The van der Waals surface area contributed by atoms with Gasteiger partial charge in [-0.1, -0.05) is 0 Å². The summed E-state index contributed by atoms with van der Waals surface area (Å²) < 4.78 is 0. The van der Waals surface area contributed by atoms with E-state index in [4.69, 9.17) is 5.11 Å². The SMILES string of the molecule is C[C@H](O)[C@@H]1C(=O)N2C(C(=O)[O-])=C(SCCO)C[C@H]12.[Na+]. The fourth-order valence-electron chi connectivity index (χ4n) is 2.52. The Morgan fingerprint density at radius 2 is 2.26 bits per heavy atom. The first-order valence-electron chi connectivity index (χ1n) is 5.68. The molecule has 1 amide bonds. The molecule has 2 heterocycles. The molecule has 2 rings (SSSR count). The number of β-lactam (4-membered cyclic amide) rings is 1. The van der Waals surface area contributed by atoms with Crippen LogP contribution in [0.1, 0.15) is 13.3 Å². The smallest absolute Gasteiger partial charge is 0.543 e. The summed E-state index contributed by atoms with van der Waals surface area (Å²) in [5, 5.41) is 29.4. The summed E-state index contributed by atoms with van der Waals surface area (Å²) in [7, 11) is 0. The Kier molecular flexibility index (Phi) is 5.91. The quantitative estimate of drug-likeness (QED) is 0.390. The molecule has 0 spiro atoms. The van der Waals surface area contributed by atoms with E-state index in [1.165, 1.54) is 23.6 Å². The number of aliphatic carboxylic acids is 1. The van der Waals surface area contributed by atoms with Gasteiger partial charge in [-0.15, -0.1) is 11.8 Å². The van der Waals surface area contributed by atoms with Crippen molar-refractivity contribution < 1.29 is 54.5 Å². The number of fused-ring (bicyclic) bond motifs is 1. The number of carbonyl (C=O) groups is 2. The molecular weight excluding hydrogens is 281 g/mol. The second-order valence-electron chi connectivity index (χ2n) is 4.38. The van der Waals surface area contributed by atoms with E-state index in [1.54, 1.807) is 0 Å². The normalized spacial score (nSPS) is 26.7. The van der Waals surface area contributed by atoms with Crippen molar-refractivity contribution >= 4 is 23.6 Å². The van der Waals surface area contributed by atoms with Crippen molar-refractivity contribution in [1.82, 2.24) is 4.90 Å². The molecule has 2 aliphatic rings. The largest absolute Gasteiger partial charge is 1.00 e. The van der Waals surface area contributed by atoms with Gasteiger partial charge in [0, 0.05) is 17.1 Å². The third-order valence-electron chi connectivity index (χ3n) is 3.25. The Bertz CT molecular complexity index is 425. The van der Waals surface area contributed by atoms with E-state index in [-0.39, 0.29) is 53.8 Å². The molecule has 2 aliphatic heterocycles. The first kappa shape index (κ1) is 17.0. The number of rotatable bonds is 5. The molecule has 8 heteroatoms. The molecule has 0 aromatic rings. The van der Waals surface area contributed by atoms with Crippen LogP contribution in [0.15, 0.2) is 10.6 Å². The van der Waals surface area contributed by atoms with E-state index in [2.05, 4.69) is 0 Å². The van der Waals surface area contributed by atoms with Gasteiger partial charge in [0.2, 0.25) is 5.91 Å². The van der Waals surface area contributed by atoms with Crippen LogP contribution in [0.2, 0.25) is 0 Å². The van der Waals surface area contributed by atoms with Crippen LogP contribution in [-0.2, 0) is 9.59 Å². The molecule has 1 saturated heterocycles. The van der Waals surface area contributed by atoms with Crippen LogP contribution in [0.4, 0.5) is 0 Å². The Hall–Kier alpha value is -0.0500. The molecule has 0 aromatic carbocycles. The third-order valence-corrected chi connectivity index (χ3v) is 4.34. The van der Waals surface area contributed by atoms with Crippen molar-refractivity contribution in [3.63, 3.8) is 0 Å². The zero-order chi connectivity index (χ0) is 13.4. The Labute approximate surface area is 137 Å². The van der Waals surface area contributed by atoms with Gasteiger partial charge < -0.3 is 25.0 Å². The van der Waals surface area contributed by atoms with Crippen molar-refractivity contribution in [1.29, 1.82) is 0 Å². The van der Waals surface area contributed by atoms with Gasteiger partial charge in [0.05, 0.1) is 36.3 Å². The minimum absolute atomic E-state index is 0. The van der Waals surface area contributed by atoms with Gasteiger partial charge in [-0.05, 0) is 6.92 Å². The van der Waals surface area contributed by atoms with Crippen LogP contribution < -0.4 is 34.7 Å². The van der Waals surface area contributed by atoms with Crippen molar-refractivity contribution in [2.75, 3.05) is 12.4 Å². The molecule has 0 bridgehead atoms. The molecule has 0 radical (unpaired) electrons. The minimum atomic E-state index is -1.38. The first-order chi connectivity index (χ1) is 8.49. The second kappa shape index (κ2) is 6.60. The van der Waals surface area contributed by atoms with Crippen LogP contribution in [0.5, 0.6) is 0 Å². The van der Waals surface area contributed by atoms with Crippen LogP contribution in [-0.4, -0.2) is 51.5 Å². The summed E-state index contributed by atoms with van der Waals surface area (Å²) in [5.74, 6) is -1.91. The number of hydrogen-bond donors (Lipinski definition) is 2. The van der Waals surface area contributed by atoms with Gasteiger partial charge in [-0.2, -0.15) is 0 Å². The number of carboxylic acids is 1. The summed E-state index contributed by atoms with van der Waals surface area (Å²) >= 11 is 1.22. The number of amides is 1. The topological polar surface area (TPSA) is 101 Å². The molecule has 100 valence electrons. The maximum atomic E-state index is 11.8. The van der Waals surface area contributed by atoms with Crippen LogP contribution >= 0.6 is 11.8 Å². The molecule has 2 N–H and O–H groups in total. The number of hydrogen-bond acceptors (Lipinski definition) is 6. The summed E-state index contributed by atoms with van der Waals surface area (Å²) in [6.07, 6.45) is -0.376. The zero-order valence-corrected chi connectivity index (χ0v) is 13.6. The van der Waals surface area contributed by atoms with Gasteiger partial charge in [0.25, 0.3) is 0 Å². The van der Waals surface area contributed by atoms with E-state index in [0.29, 0.717) is 17.1 Å². The molecule has 0 aliphatic carbocycles. The van der Waals surface area contributed by atoms with Gasteiger partial charge >= 0.3 is 29.6 Å². The number of thioether (sulfide) groups is 1. The van der Waals surface area contributed by atoms with Crippen molar-refractivity contribution in [2.24, 2.45) is 5.92 Å². The van der Waals surface area contributed by atoms with E-state index < -0.39 is 18.0 Å². The van der Waals surface area contributed by atoms with E-state index in [9.17, 15) is 19.8 Å². The average molecular weight is 295 g/mol. The van der Waals surface area contributed by atoms with Crippen molar-refractivity contribution in [3.8, 4) is 0 Å². The maximum Gasteiger partial charge on any atom is 1.00 e. The first-order valence-corrected chi connectivity index (χ1v) is 6.67. The van der Waals surface area contributed by atoms with E-state index >= 15 is 0 Å². The number of carboxylic acid groups (broad SMARTS) is 1. The molecule has 6 nitrogen and oxygen atoms in total. The number of nitrogens with zero attached hydrogens (tertiary/aromatic N) is 1. The van der Waals surface area contributed by atoms with E-state index in [1.807, 2.05) is 0 Å². The molecule has 1 fully saturated rings. The molecule has 3 atom stereocenters. The van der Waals surface area contributed by atoms with Crippen molar-refractivity contribution in [2.45, 2.75) is 25.5 Å². The van der Waals surface area contributed by atoms with Crippen LogP contribution in [0.25, 0.3) is 0 Å². The fourth-order valence-corrected chi connectivity index (χ4v) is 3.46. The zero-order valence-electron chi connectivity index (χ0n) is 10.8. The van der Waals surface area contributed by atoms with Gasteiger partial charge in [0.15, 0.2) is 0 Å². The maximum absolute atomic E-state index is 11.8. The summed E-state index contributed by atoms with van der Waals surface area (Å²) in [6, 6.07) is -0.286. The predicted octanol–water partition coefficient (Wildman–Crippen LogP) is -4.71. The van der Waals surface area contributed by atoms with Gasteiger partial charge in [0.1, 0.15) is 0 Å². The molecule has 0 saturated carbocycles. The van der Waals surface area contributed by atoms with Gasteiger partial charge in [-0.3, -0.25) is 4.79 Å². The Balaban J connectivity index is 0.00000180. The molecule has 0 aromatic heterocycles. The molecular formula is C11H14NNaO5S. The van der Waals surface area contributed by atoms with Gasteiger partial charge in [-0.25, -0.2) is 0 Å². The summed E-state index contributed by atoms with van der Waals surface area (Å²) in [5.41, 5.74) is -0.0969. The molecule has 0 unspecified atom stereocenters. The average Bonchev–Trinajstić information content (AvgIpc) is 2.60. The standard InChI is InChI=1S/C11H15NO5S.Na/c1-5(14)8-6-4-7(18-3-2-13)9(11(16)17)12(6)10(8)15;/h5-6,8,13-14H,2-4H2,1H3,(H,16,17);/q;+1/p-1/t5-,6+,8-;/m0./s1. The second-order valence-corrected chi connectivity index (χ2v) is 5.57. The Morgan fingerprint density at radius 3 is 2.74 bits per heavy atom. The van der Waals surface area contributed by atoms with E-state index in [0.717, 1.165) is 0 Å². The number of aliphatic hydroxyl groups excluding tert-OH is 2. The number of carbonyl (C=O) groups excluding carboxylic acids is 2. The monoisotopic (exact) mass is 295 g/mol. The van der Waals surface area contributed by atoms with Crippen LogP contribution in [0, 0.1) is 5.92 Å². The molecule has 19 heavy (non-hydrogen) atoms. The number of aliphatic hydroxyl groups is 2. The summed E-state index contributed by atoms with van der Waals surface area (Å²) in [6.45, 7) is 1.46. The van der Waals surface area contributed by atoms with Crippen molar-refractivity contribution in [3.05, 3.63) is 10.6 Å². The summed E-state index contributed by atoms with van der Waals surface area (Å²) in [4.78, 5) is 24.6. The predicted molar refractivity (Wildman–Crippen MR) is 62.0 cm³/mol.